The molecule has 1 aromatic carbocycles. The van der Waals surface area contributed by atoms with Gasteiger partial charge in [0.2, 0.25) is 0 Å². The molecule has 1 fully saturated rings. The summed E-state index contributed by atoms with van der Waals surface area (Å²) in [6.45, 7) is 2.43. The van der Waals surface area contributed by atoms with Crippen molar-refractivity contribution in [2.24, 2.45) is 5.92 Å². The quantitative estimate of drug-likeness (QED) is 0.808. The molecule has 2 nitrogen and oxygen atoms in total. The van der Waals surface area contributed by atoms with E-state index in [2.05, 4.69) is 42.6 Å². The fourth-order valence-electron chi connectivity index (χ4n) is 3.04. The zero-order valence-electron chi connectivity index (χ0n) is 11.3. The Labute approximate surface area is 110 Å². The number of aliphatic hydroxyl groups is 1. The summed E-state index contributed by atoms with van der Waals surface area (Å²) in [5.74, 6) is 0.758. The Kier molecular flexibility index (Phi) is 5.21. The van der Waals surface area contributed by atoms with Crippen LogP contribution in [0, 0.1) is 5.92 Å². The summed E-state index contributed by atoms with van der Waals surface area (Å²) >= 11 is 0. The molecule has 1 saturated carbocycles. The Morgan fingerprint density at radius 3 is 2.50 bits per heavy atom. The minimum Gasteiger partial charge on any atom is -0.396 e. The number of hydrogen-bond acceptors (Lipinski definition) is 2. The van der Waals surface area contributed by atoms with Crippen molar-refractivity contribution >= 4 is 0 Å². The molecule has 100 valence electrons. The zero-order valence-corrected chi connectivity index (χ0v) is 11.3. The van der Waals surface area contributed by atoms with Gasteiger partial charge in [0.1, 0.15) is 0 Å². The lowest BCUT2D eigenvalue weighted by atomic mass is 9.91. The molecule has 1 unspecified atom stereocenters. The van der Waals surface area contributed by atoms with Crippen LogP contribution in [0.5, 0.6) is 0 Å². The van der Waals surface area contributed by atoms with E-state index in [0.717, 1.165) is 12.3 Å². The molecule has 2 heteroatoms. The minimum atomic E-state index is 0.264. The second-order valence-electron chi connectivity index (χ2n) is 5.51. The van der Waals surface area contributed by atoms with Gasteiger partial charge in [-0.3, -0.25) is 0 Å². The largest absolute Gasteiger partial charge is 0.396 e. The van der Waals surface area contributed by atoms with Crippen molar-refractivity contribution in [2.75, 3.05) is 6.61 Å². The van der Waals surface area contributed by atoms with Gasteiger partial charge in [-0.15, -0.1) is 0 Å². The second-order valence-corrected chi connectivity index (χ2v) is 5.51. The molecule has 0 spiro atoms. The van der Waals surface area contributed by atoms with Gasteiger partial charge in [-0.1, -0.05) is 43.2 Å². The van der Waals surface area contributed by atoms with Crippen LogP contribution in [0.3, 0.4) is 0 Å². The van der Waals surface area contributed by atoms with Crippen LogP contribution in [-0.2, 0) is 0 Å². The highest BCUT2D eigenvalue weighted by molar-refractivity contribution is 5.20. The molecular weight excluding hydrogens is 222 g/mol. The Morgan fingerprint density at radius 2 is 1.89 bits per heavy atom. The van der Waals surface area contributed by atoms with E-state index in [1.807, 2.05) is 0 Å². The third-order valence-electron chi connectivity index (χ3n) is 4.06. The number of aliphatic hydroxyl groups excluding tert-OH is 1. The molecule has 0 saturated heterocycles. The van der Waals surface area contributed by atoms with E-state index in [9.17, 15) is 0 Å². The molecule has 0 radical (unpaired) electrons. The van der Waals surface area contributed by atoms with Crippen molar-refractivity contribution in [3.05, 3.63) is 35.9 Å². The molecule has 0 heterocycles. The third kappa shape index (κ3) is 3.56. The lowest BCUT2D eigenvalue weighted by Gasteiger charge is -2.28. The summed E-state index contributed by atoms with van der Waals surface area (Å²) in [4.78, 5) is 0. The van der Waals surface area contributed by atoms with E-state index >= 15 is 0 Å². The van der Waals surface area contributed by atoms with Gasteiger partial charge in [-0.2, -0.15) is 0 Å². The Bertz CT molecular complexity index is 332. The smallest absolute Gasteiger partial charge is 0.0445 e. The second kappa shape index (κ2) is 6.91. The first kappa shape index (κ1) is 13.6. The highest BCUT2D eigenvalue weighted by Crippen LogP contribution is 2.36. The average molecular weight is 247 g/mol. The van der Waals surface area contributed by atoms with Crippen molar-refractivity contribution in [1.29, 1.82) is 0 Å². The zero-order chi connectivity index (χ0) is 12.8. The molecule has 2 rings (SSSR count). The number of hydrogen-bond donors (Lipinski definition) is 2. The molecule has 1 aliphatic rings. The van der Waals surface area contributed by atoms with E-state index in [1.54, 1.807) is 0 Å². The maximum atomic E-state index is 9.05. The fraction of sp³-hybridized carbons (Fsp3) is 0.625. The molecule has 0 aromatic heterocycles. The van der Waals surface area contributed by atoms with Gasteiger partial charge in [-0.05, 0) is 37.7 Å². The third-order valence-corrected chi connectivity index (χ3v) is 4.06. The van der Waals surface area contributed by atoms with E-state index in [0.29, 0.717) is 12.1 Å². The maximum absolute atomic E-state index is 9.05. The lowest BCUT2D eigenvalue weighted by molar-refractivity contribution is 0.250. The molecule has 18 heavy (non-hydrogen) atoms. The molecule has 1 aliphatic carbocycles. The first-order chi connectivity index (χ1) is 8.81. The van der Waals surface area contributed by atoms with Crippen LogP contribution in [0.2, 0.25) is 0 Å². The topological polar surface area (TPSA) is 32.3 Å². The number of rotatable bonds is 6. The van der Waals surface area contributed by atoms with Gasteiger partial charge >= 0.3 is 0 Å². The Balaban J connectivity index is 2.07. The fourth-order valence-corrected chi connectivity index (χ4v) is 3.04. The molecule has 2 atom stereocenters. The predicted molar refractivity (Wildman–Crippen MR) is 75.4 cm³/mol. The number of benzene rings is 1. The van der Waals surface area contributed by atoms with E-state index in [1.165, 1.54) is 31.2 Å². The van der Waals surface area contributed by atoms with E-state index in [-0.39, 0.29) is 6.61 Å². The van der Waals surface area contributed by atoms with Crippen molar-refractivity contribution in [3.8, 4) is 0 Å². The SMILES string of the molecule is C[C@H](CCO)NC(c1ccccc1)C1CCCC1. The van der Waals surface area contributed by atoms with Crippen molar-refractivity contribution in [3.63, 3.8) is 0 Å². The summed E-state index contributed by atoms with van der Waals surface area (Å²) in [6, 6.07) is 11.6. The minimum absolute atomic E-state index is 0.264. The average Bonchev–Trinajstić information content (AvgIpc) is 2.91. The summed E-state index contributed by atoms with van der Waals surface area (Å²) < 4.78 is 0. The predicted octanol–water partition coefficient (Wildman–Crippen LogP) is 3.28. The van der Waals surface area contributed by atoms with Crippen LogP contribution in [0.4, 0.5) is 0 Å². The van der Waals surface area contributed by atoms with E-state index in [4.69, 9.17) is 5.11 Å². The molecular formula is C16H25NO. The first-order valence-electron chi connectivity index (χ1n) is 7.23. The van der Waals surface area contributed by atoms with Crippen LogP contribution in [0.25, 0.3) is 0 Å². The van der Waals surface area contributed by atoms with Crippen LogP contribution in [0.15, 0.2) is 30.3 Å². The van der Waals surface area contributed by atoms with Gasteiger partial charge < -0.3 is 10.4 Å². The summed E-state index contributed by atoms with van der Waals surface area (Å²) in [5.41, 5.74) is 1.40. The van der Waals surface area contributed by atoms with Gasteiger partial charge in [0.05, 0.1) is 0 Å². The van der Waals surface area contributed by atoms with Gasteiger partial charge in [-0.25, -0.2) is 0 Å². The summed E-state index contributed by atoms with van der Waals surface area (Å²) in [7, 11) is 0. The maximum Gasteiger partial charge on any atom is 0.0445 e. The van der Waals surface area contributed by atoms with Crippen molar-refractivity contribution in [1.82, 2.24) is 5.32 Å². The lowest BCUT2D eigenvalue weighted by Crippen LogP contribution is -2.35. The Morgan fingerprint density at radius 1 is 1.22 bits per heavy atom. The highest BCUT2D eigenvalue weighted by Gasteiger charge is 2.26. The van der Waals surface area contributed by atoms with E-state index < -0.39 is 0 Å². The molecule has 0 bridgehead atoms. The molecule has 0 amide bonds. The summed E-state index contributed by atoms with van der Waals surface area (Å²) in [5, 5.41) is 12.8. The number of nitrogens with one attached hydrogen (secondary N) is 1. The van der Waals surface area contributed by atoms with Crippen molar-refractivity contribution < 1.29 is 5.11 Å². The van der Waals surface area contributed by atoms with Crippen molar-refractivity contribution in [2.45, 2.75) is 51.1 Å². The summed E-state index contributed by atoms with van der Waals surface area (Å²) in [6.07, 6.45) is 6.22. The Hall–Kier alpha value is -0.860. The monoisotopic (exact) mass is 247 g/mol. The van der Waals surface area contributed by atoms with Crippen LogP contribution >= 0.6 is 0 Å². The van der Waals surface area contributed by atoms with Gasteiger partial charge in [0.15, 0.2) is 0 Å². The first-order valence-corrected chi connectivity index (χ1v) is 7.23. The van der Waals surface area contributed by atoms with Gasteiger partial charge in [0.25, 0.3) is 0 Å². The standard InChI is InChI=1S/C16H25NO/c1-13(11-12-18)17-16(15-9-5-6-10-15)14-7-3-2-4-8-14/h2-4,7-8,13,15-18H,5-6,9-12H2,1H3/t13-,16?/m1/s1. The normalized spacial score (nSPS) is 19.9. The van der Waals surface area contributed by atoms with Crippen LogP contribution in [0.1, 0.15) is 50.6 Å². The van der Waals surface area contributed by atoms with Gasteiger partial charge in [0, 0.05) is 18.7 Å². The molecule has 2 N–H and O–H groups in total. The highest BCUT2D eigenvalue weighted by atomic mass is 16.3. The van der Waals surface area contributed by atoms with Crippen LogP contribution < -0.4 is 5.32 Å². The molecule has 0 aliphatic heterocycles. The molecule has 1 aromatic rings. The van der Waals surface area contributed by atoms with Crippen LogP contribution in [-0.4, -0.2) is 17.8 Å².